The van der Waals surface area contributed by atoms with Gasteiger partial charge in [0.25, 0.3) is 0 Å². The maximum absolute atomic E-state index is 9.39. The summed E-state index contributed by atoms with van der Waals surface area (Å²) in [5.74, 6) is 1.31. The van der Waals surface area contributed by atoms with Crippen molar-refractivity contribution in [2.45, 2.75) is 26.7 Å². The van der Waals surface area contributed by atoms with Gasteiger partial charge in [0.15, 0.2) is 0 Å². The van der Waals surface area contributed by atoms with Crippen LogP contribution in [-0.2, 0) is 6.42 Å². The van der Waals surface area contributed by atoms with Crippen molar-refractivity contribution in [1.29, 1.82) is 5.26 Å². The smallest absolute Gasteiger partial charge is 0.232 e. The van der Waals surface area contributed by atoms with Crippen LogP contribution in [0.5, 0.6) is 0 Å². The van der Waals surface area contributed by atoms with Gasteiger partial charge in [0.1, 0.15) is 11.9 Å². The molecule has 3 aromatic rings. The number of benzene rings is 1. The maximum atomic E-state index is 9.39. The van der Waals surface area contributed by atoms with Gasteiger partial charge in [0.05, 0.1) is 5.69 Å². The van der Waals surface area contributed by atoms with Crippen LogP contribution in [0.15, 0.2) is 48.7 Å². The number of hydrogen-bond donors (Lipinski definition) is 0. The van der Waals surface area contributed by atoms with Gasteiger partial charge in [-0.1, -0.05) is 18.2 Å². The molecule has 0 bridgehead atoms. The molecule has 33 heavy (non-hydrogen) atoms. The second kappa shape index (κ2) is 12.5. The SMILES string of the molecule is Cc1ccc(-c2cc(CCCN3CCN(c4ccccn4)CC3)nc(C#N)n2)cc1C.Cl.Cl. The zero-order valence-corrected chi connectivity index (χ0v) is 20.7. The van der Waals surface area contributed by atoms with E-state index < -0.39 is 0 Å². The van der Waals surface area contributed by atoms with Gasteiger partial charge < -0.3 is 4.90 Å². The van der Waals surface area contributed by atoms with Gasteiger partial charge in [0, 0.05) is 43.6 Å². The highest BCUT2D eigenvalue weighted by molar-refractivity contribution is 5.85. The first-order valence-electron chi connectivity index (χ1n) is 10.9. The van der Waals surface area contributed by atoms with E-state index in [4.69, 9.17) is 0 Å². The van der Waals surface area contributed by atoms with Crippen LogP contribution in [0.4, 0.5) is 5.82 Å². The summed E-state index contributed by atoms with van der Waals surface area (Å²) < 4.78 is 0. The highest BCUT2D eigenvalue weighted by Gasteiger charge is 2.17. The zero-order chi connectivity index (χ0) is 21.6. The quantitative estimate of drug-likeness (QED) is 0.507. The van der Waals surface area contributed by atoms with E-state index >= 15 is 0 Å². The zero-order valence-electron chi connectivity index (χ0n) is 19.1. The molecule has 8 heteroatoms. The Kier molecular flexibility index (Phi) is 10.1. The molecule has 6 nitrogen and oxygen atoms in total. The minimum atomic E-state index is 0. The summed E-state index contributed by atoms with van der Waals surface area (Å²) in [6.07, 6.45) is 3.71. The number of nitriles is 1. The number of anilines is 1. The molecule has 0 amide bonds. The van der Waals surface area contributed by atoms with E-state index in [0.717, 1.165) is 68.3 Å². The fourth-order valence-corrected chi connectivity index (χ4v) is 3.95. The van der Waals surface area contributed by atoms with Crippen LogP contribution in [-0.4, -0.2) is 52.6 Å². The van der Waals surface area contributed by atoms with Gasteiger partial charge in [-0.2, -0.15) is 5.26 Å². The molecule has 0 N–H and O–H groups in total. The lowest BCUT2D eigenvalue weighted by molar-refractivity contribution is 0.254. The van der Waals surface area contributed by atoms with Crippen molar-refractivity contribution >= 4 is 30.6 Å². The fourth-order valence-electron chi connectivity index (χ4n) is 3.95. The maximum Gasteiger partial charge on any atom is 0.232 e. The second-order valence-electron chi connectivity index (χ2n) is 8.10. The first-order chi connectivity index (χ1) is 15.1. The molecule has 1 fully saturated rings. The lowest BCUT2D eigenvalue weighted by Crippen LogP contribution is -2.47. The van der Waals surface area contributed by atoms with E-state index in [-0.39, 0.29) is 30.6 Å². The van der Waals surface area contributed by atoms with Gasteiger partial charge in [-0.15, -0.1) is 24.8 Å². The highest BCUT2D eigenvalue weighted by Crippen LogP contribution is 2.22. The number of aryl methyl sites for hydroxylation is 3. The number of piperazine rings is 1. The molecule has 0 atom stereocenters. The van der Waals surface area contributed by atoms with Crippen molar-refractivity contribution in [3.8, 4) is 17.3 Å². The lowest BCUT2D eigenvalue weighted by Gasteiger charge is -2.35. The minimum Gasteiger partial charge on any atom is -0.354 e. The van der Waals surface area contributed by atoms with Crippen molar-refractivity contribution in [2.24, 2.45) is 0 Å². The molecular weight excluding hydrogens is 455 g/mol. The summed E-state index contributed by atoms with van der Waals surface area (Å²) in [5.41, 5.74) is 5.28. The van der Waals surface area contributed by atoms with E-state index in [1.54, 1.807) is 0 Å². The molecule has 4 rings (SSSR count). The topological polar surface area (TPSA) is 68.9 Å². The van der Waals surface area contributed by atoms with Crippen LogP contribution in [0.1, 0.15) is 29.1 Å². The van der Waals surface area contributed by atoms with Crippen LogP contribution < -0.4 is 4.90 Å². The molecule has 1 aliphatic heterocycles. The highest BCUT2D eigenvalue weighted by atomic mass is 35.5. The minimum absolute atomic E-state index is 0. The molecule has 0 saturated carbocycles. The standard InChI is InChI=1S/C25H28N6.2ClH/c1-19-8-9-21(16-20(19)2)23-17-22(28-24(18-26)29-23)6-5-11-30-12-14-31(15-13-30)25-7-3-4-10-27-25;;/h3-4,7-10,16-17H,5-6,11-15H2,1-2H3;2*1H. The van der Waals surface area contributed by atoms with Crippen molar-refractivity contribution < 1.29 is 0 Å². The Morgan fingerprint density at radius 2 is 1.73 bits per heavy atom. The Bertz CT molecular complexity index is 1080. The summed E-state index contributed by atoms with van der Waals surface area (Å²) in [6, 6.07) is 16.5. The summed E-state index contributed by atoms with van der Waals surface area (Å²) in [7, 11) is 0. The van der Waals surface area contributed by atoms with Crippen LogP contribution in [0.25, 0.3) is 11.3 Å². The fraction of sp³-hybridized carbons (Fsp3) is 0.360. The van der Waals surface area contributed by atoms with Crippen LogP contribution in [0, 0.1) is 25.2 Å². The van der Waals surface area contributed by atoms with Gasteiger partial charge in [-0.25, -0.2) is 15.0 Å². The van der Waals surface area contributed by atoms with Gasteiger partial charge >= 0.3 is 0 Å². The molecule has 0 spiro atoms. The average Bonchev–Trinajstić information content (AvgIpc) is 2.81. The van der Waals surface area contributed by atoms with Crippen LogP contribution in [0.3, 0.4) is 0 Å². The van der Waals surface area contributed by atoms with Crippen molar-refractivity contribution in [3.63, 3.8) is 0 Å². The van der Waals surface area contributed by atoms with E-state index in [2.05, 4.69) is 68.9 Å². The monoisotopic (exact) mass is 484 g/mol. The lowest BCUT2D eigenvalue weighted by atomic mass is 10.0. The second-order valence-corrected chi connectivity index (χ2v) is 8.10. The average molecular weight is 485 g/mol. The summed E-state index contributed by atoms with van der Waals surface area (Å²) in [4.78, 5) is 18.2. The Labute approximate surface area is 208 Å². The summed E-state index contributed by atoms with van der Waals surface area (Å²) >= 11 is 0. The Morgan fingerprint density at radius 3 is 2.39 bits per heavy atom. The van der Waals surface area contributed by atoms with E-state index in [9.17, 15) is 5.26 Å². The normalized spacial score (nSPS) is 13.5. The number of hydrogen-bond acceptors (Lipinski definition) is 6. The molecule has 1 aliphatic rings. The van der Waals surface area contributed by atoms with Crippen molar-refractivity contribution in [1.82, 2.24) is 19.9 Å². The summed E-state index contributed by atoms with van der Waals surface area (Å²) in [6.45, 7) is 9.30. The number of rotatable bonds is 6. The third-order valence-electron chi connectivity index (χ3n) is 5.93. The first kappa shape index (κ1) is 26.5. The van der Waals surface area contributed by atoms with Gasteiger partial charge in [0.2, 0.25) is 5.82 Å². The molecule has 3 heterocycles. The predicted octanol–water partition coefficient (Wildman–Crippen LogP) is 4.63. The Balaban J connectivity index is 0.00000193. The molecule has 0 aliphatic carbocycles. The first-order valence-corrected chi connectivity index (χ1v) is 10.9. The van der Waals surface area contributed by atoms with E-state index in [0.29, 0.717) is 0 Å². The summed E-state index contributed by atoms with van der Waals surface area (Å²) in [5, 5.41) is 9.39. The Morgan fingerprint density at radius 1 is 0.939 bits per heavy atom. The molecule has 0 radical (unpaired) electrons. The van der Waals surface area contributed by atoms with E-state index in [1.807, 2.05) is 24.4 Å². The number of nitrogens with zero attached hydrogens (tertiary/aromatic N) is 6. The Hall–Kier alpha value is -2.72. The van der Waals surface area contributed by atoms with Crippen LogP contribution in [0.2, 0.25) is 0 Å². The molecular formula is C25H30Cl2N6. The molecule has 174 valence electrons. The molecule has 1 aromatic carbocycles. The third-order valence-corrected chi connectivity index (χ3v) is 5.93. The third kappa shape index (κ3) is 6.88. The predicted molar refractivity (Wildman–Crippen MR) is 137 cm³/mol. The van der Waals surface area contributed by atoms with Crippen molar-refractivity contribution in [3.05, 3.63) is 71.3 Å². The molecule has 1 saturated heterocycles. The number of aromatic nitrogens is 3. The molecule has 2 aromatic heterocycles. The number of halogens is 2. The van der Waals surface area contributed by atoms with Crippen LogP contribution >= 0.6 is 24.8 Å². The van der Waals surface area contributed by atoms with E-state index in [1.165, 1.54) is 11.1 Å². The van der Waals surface area contributed by atoms with Gasteiger partial charge in [-0.3, -0.25) is 4.90 Å². The van der Waals surface area contributed by atoms with Crippen molar-refractivity contribution in [2.75, 3.05) is 37.6 Å². The number of pyridine rings is 1. The van der Waals surface area contributed by atoms with Gasteiger partial charge in [-0.05, 0) is 68.6 Å². The molecule has 0 unspecified atom stereocenters. The largest absolute Gasteiger partial charge is 0.354 e.